The number of benzene rings is 1. The molecule has 2 heterocycles. The highest BCUT2D eigenvalue weighted by Gasteiger charge is 2.45. The predicted molar refractivity (Wildman–Crippen MR) is 159 cm³/mol. The first kappa shape index (κ1) is 35.1. The average Bonchev–Trinajstić information content (AvgIpc) is 3.27. The smallest absolute Gasteiger partial charge is 0.308 e. The second-order valence-corrected chi connectivity index (χ2v) is 10.5. The Kier molecular flexibility index (Phi) is 15.2. The van der Waals surface area contributed by atoms with Crippen molar-refractivity contribution in [2.45, 2.75) is 58.4 Å². The summed E-state index contributed by atoms with van der Waals surface area (Å²) in [5, 5.41) is 5.32. The molecule has 0 spiro atoms. The van der Waals surface area contributed by atoms with Crippen molar-refractivity contribution in [3.8, 4) is 0 Å². The SMILES string of the molecule is CCCCC(CC)C(=O)OCCOCCOCCOCCOCCNc1cccc2c1C(=O)N(C1CCC(=O)NC1=O)C2=O. The highest BCUT2D eigenvalue weighted by molar-refractivity contribution is 6.25. The van der Waals surface area contributed by atoms with Gasteiger partial charge in [0.1, 0.15) is 12.6 Å². The molecule has 2 aliphatic rings. The van der Waals surface area contributed by atoms with Crippen LogP contribution in [0, 0.1) is 5.92 Å². The van der Waals surface area contributed by atoms with Crippen molar-refractivity contribution in [3.05, 3.63) is 29.3 Å². The van der Waals surface area contributed by atoms with Crippen molar-refractivity contribution < 1.29 is 47.7 Å². The van der Waals surface area contributed by atoms with E-state index in [1.165, 1.54) is 0 Å². The summed E-state index contributed by atoms with van der Waals surface area (Å²) in [6, 6.07) is 3.90. The fourth-order valence-corrected chi connectivity index (χ4v) is 4.94. The number of esters is 1. The van der Waals surface area contributed by atoms with Crippen molar-refractivity contribution in [1.29, 1.82) is 0 Å². The summed E-state index contributed by atoms with van der Waals surface area (Å²) in [7, 11) is 0. The van der Waals surface area contributed by atoms with Crippen molar-refractivity contribution in [2.75, 3.05) is 71.3 Å². The Morgan fingerprint density at radius 1 is 0.909 bits per heavy atom. The van der Waals surface area contributed by atoms with E-state index in [4.69, 9.17) is 23.7 Å². The number of rotatable bonds is 22. The number of carbonyl (C=O) groups is 5. The Balaban J connectivity index is 1.19. The second kappa shape index (κ2) is 19.1. The molecule has 0 aromatic heterocycles. The van der Waals surface area contributed by atoms with Crippen molar-refractivity contribution in [1.82, 2.24) is 10.2 Å². The highest BCUT2D eigenvalue weighted by atomic mass is 16.6. The van der Waals surface area contributed by atoms with Crippen LogP contribution in [0.15, 0.2) is 18.2 Å². The van der Waals surface area contributed by atoms with E-state index in [2.05, 4.69) is 17.6 Å². The first-order valence-corrected chi connectivity index (χ1v) is 15.4. The quantitative estimate of drug-likeness (QED) is 0.111. The topological polar surface area (TPSA) is 159 Å². The number of amides is 4. The Morgan fingerprint density at radius 2 is 1.55 bits per heavy atom. The van der Waals surface area contributed by atoms with Crippen LogP contribution < -0.4 is 10.6 Å². The number of imide groups is 2. The summed E-state index contributed by atoms with van der Waals surface area (Å²) in [4.78, 5) is 62.7. The van der Waals surface area contributed by atoms with Crippen LogP contribution in [-0.4, -0.2) is 107 Å². The van der Waals surface area contributed by atoms with E-state index in [-0.39, 0.29) is 42.5 Å². The number of anilines is 1. The number of hydrogen-bond acceptors (Lipinski definition) is 11. The fourth-order valence-electron chi connectivity index (χ4n) is 4.94. The molecule has 0 saturated carbocycles. The third-order valence-electron chi connectivity index (χ3n) is 7.35. The number of ether oxygens (including phenoxy) is 5. The van der Waals surface area contributed by atoms with Gasteiger partial charge in [0.05, 0.1) is 69.9 Å². The molecule has 1 aromatic carbocycles. The first-order valence-electron chi connectivity index (χ1n) is 15.4. The third kappa shape index (κ3) is 10.4. The van der Waals surface area contributed by atoms with Gasteiger partial charge in [-0.2, -0.15) is 0 Å². The lowest BCUT2D eigenvalue weighted by molar-refractivity contribution is -0.150. The van der Waals surface area contributed by atoms with Crippen molar-refractivity contribution in [2.24, 2.45) is 5.92 Å². The van der Waals surface area contributed by atoms with Crippen LogP contribution in [0.3, 0.4) is 0 Å². The number of hydrogen-bond donors (Lipinski definition) is 2. The van der Waals surface area contributed by atoms with E-state index in [1.54, 1.807) is 18.2 Å². The second-order valence-electron chi connectivity index (χ2n) is 10.5. The zero-order valence-corrected chi connectivity index (χ0v) is 25.7. The molecule has 244 valence electrons. The summed E-state index contributed by atoms with van der Waals surface area (Å²) < 4.78 is 27.3. The van der Waals surface area contributed by atoms with Crippen molar-refractivity contribution in [3.63, 3.8) is 0 Å². The third-order valence-corrected chi connectivity index (χ3v) is 7.35. The molecule has 1 saturated heterocycles. The monoisotopic (exact) mass is 619 g/mol. The van der Waals surface area contributed by atoms with Gasteiger partial charge >= 0.3 is 5.97 Å². The van der Waals surface area contributed by atoms with E-state index in [1.807, 2.05) is 6.92 Å². The van der Waals surface area contributed by atoms with Gasteiger partial charge in [-0.1, -0.05) is 32.8 Å². The molecule has 0 bridgehead atoms. The summed E-state index contributed by atoms with van der Waals surface area (Å²) in [5.41, 5.74) is 0.907. The Bertz CT molecular complexity index is 1130. The van der Waals surface area contributed by atoms with Crippen molar-refractivity contribution >= 4 is 35.3 Å². The lowest BCUT2D eigenvalue weighted by atomic mass is 10.00. The van der Waals surface area contributed by atoms with Gasteiger partial charge in [0.2, 0.25) is 11.8 Å². The normalized spacial score (nSPS) is 17.0. The van der Waals surface area contributed by atoms with E-state index in [9.17, 15) is 24.0 Å². The predicted octanol–water partition coefficient (Wildman–Crippen LogP) is 2.33. The van der Waals surface area contributed by atoms with E-state index in [0.717, 1.165) is 30.6 Å². The minimum Gasteiger partial charge on any atom is -0.463 e. The molecule has 44 heavy (non-hydrogen) atoms. The summed E-state index contributed by atoms with van der Waals surface area (Å²) in [5.74, 6) is -2.34. The Hall–Kier alpha value is -3.39. The molecule has 2 atom stereocenters. The van der Waals surface area contributed by atoms with Crippen LogP contribution in [0.25, 0.3) is 0 Å². The minimum absolute atomic E-state index is 0.0304. The number of nitrogens with zero attached hydrogens (tertiary/aromatic N) is 1. The molecule has 0 aliphatic carbocycles. The molecule has 1 aromatic rings. The molecular formula is C31H45N3O10. The average molecular weight is 620 g/mol. The van der Waals surface area contributed by atoms with Crippen LogP contribution in [0.5, 0.6) is 0 Å². The zero-order valence-electron chi connectivity index (χ0n) is 25.7. The maximum atomic E-state index is 13.1. The van der Waals surface area contributed by atoms with Gasteiger partial charge in [-0.25, -0.2) is 0 Å². The molecule has 2 aliphatic heterocycles. The van der Waals surface area contributed by atoms with Crippen LogP contribution in [0.2, 0.25) is 0 Å². The molecule has 2 N–H and O–H groups in total. The summed E-state index contributed by atoms with van der Waals surface area (Å²) in [6.45, 7) is 7.81. The van der Waals surface area contributed by atoms with Crippen LogP contribution in [0.4, 0.5) is 5.69 Å². The molecule has 0 radical (unpaired) electrons. The van der Waals surface area contributed by atoms with Crippen LogP contribution in [0.1, 0.15) is 73.1 Å². The largest absolute Gasteiger partial charge is 0.463 e. The highest BCUT2D eigenvalue weighted by Crippen LogP contribution is 2.32. The fraction of sp³-hybridized carbons (Fsp3) is 0.645. The molecule has 1 fully saturated rings. The summed E-state index contributed by atoms with van der Waals surface area (Å²) in [6.07, 6.45) is 3.92. The van der Waals surface area contributed by atoms with Crippen LogP contribution in [-0.2, 0) is 38.1 Å². The number of piperidine rings is 1. The number of fused-ring (bicyclic) bond motifs is 1. The lowest BCUT2D eigenvalue weighted by Crippen LogP contribution is -2.54. The minimum atomic E-state index is -1.01. The molecule has 13 heteroatoms. The Labute approximate surface area is 258 Å². The molecular weight excluding hydrogens is 574 g/mol. The van der Waals surface area contributed by atoms with Gasteiger partial charge < -0.3 is 29.0 Å². The van der Waals surface area contributed by atoms with Gasteiger partial charge in [0.15, 0.2) is 0 Å². The maximum absolute atomic E-state index is 13.1. The van der Waals surface area contributed by atoms with E-state index >= 15 is 0 Å². The maximum Gasteiger partial charge on any atom is 0.308 e. The van der Waals surface area contributed by atoms with Crippen LogP contribution >= 0.6 is 0 Å². The van der Waals surface area contributed by atoms with E-state index < -0.39 is 29.7 Å². The molecule has 4 amide bonds. The van der Waals surface area contributed by atoms with Gasteiger partial charge in [-0.05, 0) is 31.4 Å². The number of unbranched alkanes of at least 4 members (excludes halogenated alkanes) is 1. The first-order chi connectivity index (χ1) is 21.4. The van der Waals surface area contributed by atoms with Gasteiger partial charge in [0.25, 0.3) is 11.8 Å². The van der Waals surface area contributed by atoms with Gasteiger partial charge in [-0.15, -0.1) is 0 Å². The lowest BCUT2D eigenvalue weighted by Gasteiger charge is -2.27. The molecule has 13 nitrogen and oxygen atoms in total. The Morgan fingerprint density at radius 3 is 2.16 bits per heavy atom. The standard InChI is InChI=1S/C31H45N3O10/c1-3-5-7-22(4-2)31(39)44-21-20-43-19-18-42-17-16-41-15-14-40-13-12-32-24-9-6-8-23-27(24)30(38)34(29(23)37)25-10-11-26(35)33-28(25)36/h6,8-9,22,25,32H,3-5,7,10-21H2,1-2H3,(H,33,35,36). The molecule has 3 rings (SSSR count). The zero-order chi connectivity index (χ0) is 31.7. The van der Waals surface area contributed by atoms with Gasteiger partial charge in [-0.3, -0.25) is 34.2 Å². The number of nitrogens with one attached hydrogen (secondary N) is 2. The van der Waals surface area contributed by atoms with E-state index in [0.29, 0.717) is 65.1 Å². The van der Waals surface area contributed by atoms with Gasteiger partial charge in [0, 0.05) is 18.7 Å². The number of carbonyl (C=O) groups excluding carboxylic acids is 5. The summed E-state index contributed by atoms with van der Waals surface area (Å²) >= 11 is 0. The molecule has 2 unspecified atom stereocenters.